The zero-order chi connectivity index (χ0) is 26.9. The number of rotatable bonds is 10. The molecule has 0 aliphatic rings. The molecule has 1 atom stereocenters. The molecule has 0 radical (unpaired) electrons. The van der Waals surface area contributed by atoms with Crippen LogP contribution < -0.4 is 10.1 Å². The quantitative estimate of drug-likeness (QED) is 0.345. The number of carbonyl (C=O) groups excluding carboxylic acids is 2. The monoisotopic (exact) mass is 495 g/mol. The highest BCUT2D eigenvalue weighted by Gasteiger charge is 2.22. The van der Waals surface area contributed by atoms with Gasteiger partial charge in [-0.25, -0.2) is 9.48 Å². The van der Waals surface area contributed by atoms with E-state index in [0.717, 1.165) is 28.4 Å². The molecule has 8 heteroatoms. The van der Waals surface area contributed by atoms with E-state index in [0.29, 0.717) is 12.2 Å². The number of carbonyl (C=O) groups is 2. The van der Waals surface area contributed by atoms with Gasteiger partial charge in [0.05, 0.1) is 25.3 Å². The molecule has 1 aromatic carbocycles. The first-order valence-corrected chi connectivity index (χ1v) is 11.7. The van der Waals surface area contributed by atoms with Gasteiger partial charge in [0.25, 0.3) is 0 Å². The summed E-state index contributed by atoms with van der Waals surface area (Å²) in [4.78, 5) is 24.1. The maximum atomic E-state index is 12.2. The third-order valence-electron chi connectivity index (χ3n) is 5.17. The number of aryl methyl sites for hydroxylation is 1. The molecule has 36 heavy (non-hydrogen) atoms. The van der Waals surface area contributed by atoms with E-state index >= 15 is 0 Å². The van der Waals surface area contributed by atoms with E-state index in [-0.39, 0.29) is 6.42 Å². The Hall–Kier alpha value is -3.81. The van der Waals surface area contributed by atoms with Crippen molar-refractivity contribution in [3.63, 3.8) is 0 Å². The van der Waals surface area contributed by atoms with E-state index in [1.54, 1.807) is 32.9 Å². The van der Waals surface area contributed by atoms with Gasteiger partial charge < -0.3 is 19.5 Å². The van der Waals surface area contributed by atoms with Crippen molar-refractivity contribution in [2.45, 2.75) is 66.2 Å². The van der Waals surface area contributed by atoms with Crippen LogP contribution in [-0.4, -0.2) is 40.6 Å². The normalized spacial score (nSPS) is 12.8. The molecule has 0 saturated heterocycles. The van der Waals surface area contributed by atoms with Crippen LogP contribution in [0.3, 0.4) is 0 Å². The summed E-state index contributed by atoms with van der Waals surface area (Å²) >= 11 is 0. The second-order valence-electron chi connectivity index (χ2n) is 9.41. The Kier molecular flexibility index (Phi) is 10.1. The smallest absolute Gasteiger partial charge is 0.408 e. The third-order valence-corrected chi connectivity index (χ3v) is 5.17. The number of allylic oxidation sites excluding steroid dienone is 3. The minimum atomic E-state index is -0.677. The number of hydrogen-bond acceptors (Lipinski definition) is 6. The van der Waals surface area contributed by atoms with E-state index in [4.69, 9.17) is 14.2 Å². The topological polar surface area (TPSA) is 91.7 Å². The number of amides is 1. The number of nitrogens with zero attached hydrogens (tertiary/aromatic N) is 2. The first kappa shape index (κ1) is 28.4. The highest BCUT2D eigenvalue weighted by Crippen LogP contribution is 2.26. The number of nitrogens with one attached hydrogen (secondary N) is 1. The van der Waals surface area contributed by atoms with Crippen molar-refractivity contribution in [2.75, 3.05) is 7.11 Å². The Morgan fingerprint density at radius 1 is 1.19 bits per heavy atom. The molecule has 2 rings (SSSR count). The van der Waals surface area contributed by atoms with E-state index in [1.165, 1.54) is 7.11 Å². The fraction of sp³-hybridized carbons (Fsp3) is 0.393. The summed E-state index contributed by atoms with van der Waals surface area (Å²) in [5.74, 6) is 0.280. The van der Waals surface area contributed by atoms with Crippen LogP contribution in [0.2, 0.25) is 0 Å². The lowest BCUT2D eigenvalue weighted by atomic mass is 10.1. The van der Waals surface area contributed by atoms with Crippen molar-refractivity contribution >= 4 is 17.8 Å². The first-order valence-electron chi connectivity index (χ1n) is 11.7. The summed E-state index contributed by atoms with van der Waals surface area (Å²) in [6, 6.07) is 9.29. The summed E-state index contributed by atoms with van der Waals surface area (Å²) in [7, 11) is 1.30. The fourth-order valence-electron chi connectivity index (χ4n) is 3.38. The molecular weight excluding hydrogens is 458 g/mol. The predicted octanol–water partition coefficient (Wildman–Crippen LogP) is 5.51. The second-order valence-corrected chi connectivity index (χ2v) is 9.41. The average molecular weight is 496 g/mol. The van der Waals surface area contributed by atoms with Gasteiger partial charge in [-0.1, -0.05) is 49.1 Å². The van der Waals surface area contributed by atoms with Gasteiger partial charge in [-0.05, 0) is 58.8 Å². The maximum absolute atomic E-state index is 12.2. The van der Waals surface area contributed by atoms with Crippen molar-refractivity contribution in [3.05, 3.63) is 77.7 Å². The van der Waals surface area contributed by atoms with Crippen molar-refractivity contribution < 1.29 is 23.8 Å². The molecule has 0 unspecified atom stereocenters. The predicted molar refractivity (Wildman–Crippen MR) is 140 cm³/mol. The molecule has 1 N–H and O–H groups in total. The molecule has 0 aliphatic carbocycles. The van der Waals surface area contributed by atoms with Crippen LogP contribution >= 0.6 is 0 Å². The number of aromatic nitrogens is 2. The number of methoxy groups -OCH3 is 1. The van der Waals surface area contributed by atoms with Crippen molar-refractivity contribution in [1.29, 1.82) is 0 Å². The average Bonchev–Trinajstić information content (AvgIpc) is 3.09. The van der Waals surface area contributed by atoms with Gasteiger partial charge in [0.1, 0.15) is 17.9 Å². The van der Waals surface area contributed by atoms with Crippen LogP contribution in [0, 0.1) is 13.8 Å². The van der Waals surface area contributed by atoms with Crippen LogP contribution in [0.5, 0.6) is 5.75 Å². The molecule has 0 bridgehead atoms. The van der Waals surface area contributed by atoms with Gasteiger partial charge in [-0.2, -0.15) is 5.10 Å². The third kappa shape index (κ3) is 8.76. The summed E-state index contributed by atoms with van der Waals surface area (Å²) in [6.07, 6.45) is 4.69. The van der Waals surface area contributed by atoms with Crippen molar-refractivity contribution in [3.8, 4) is 5.75 Å². The fourth-order valence-corrected chi connectivity index (χ4v) is 3.38. The van der Waals surface area contributed by atoms with Crippen LogP contribution in [0.25, 0.3) is 5.70 Å². The van der Waals surface area contributed by atoms with Gasteiger partial charge in [-0.15, -0.1) is 0 Å². The van der Waals surface area contributed by atoms with E-state index in [9.17, 15) is 9.59 Å². The molecular formula is C28H37N3O5. The second kappa shape index (κ2) is 12.8. The minimum Gasteiger partial charge on any atom is -0.485 e. The number of esters is 1. The molecule has 2 aromatic rings. The van der Waals surface area contributed by atoms with Crippen LogP contribution in [0.4, 0.5) is 4.79 Å². The molecule has 0 aliphatic heterocycles. The molecule has 0 saturated carbocycles. The minimum absolute atomic E-state index is 0.0683. The van der Waals surface area contributed by atoms with Gasteiger partial charge in [0.15, 0.2) is 5.75 Å². The summed E-state index contributed by atoms with van der Waals surface area (Å²) in [5.41, 5.74) is 3.48. The Morgan fingerprint density at radius 3 is 2.47 bits per heavy atom. The number of benzene rings is 1. The number of alkyl carbamates (subject to hydrolysis) is 1. The van der Waals surface area contributed by atoms with Gasteiger partial charge >= 0.3 is 12.1 Å². The highest BCUT2D eigenvalue weighted by molar-refractivity contribution is 5.74. The van der Waals surface area contributed by atoms with Crippen LogP contribution in [-0.2, 0) is 20.9 Å². The van der Waals surface area contributed by atoms with Crippen LogP contribution in [0.15, 0.2) is 60.7 Å². The summed E-state index contributed by atoms with van der Waals surface area (Å²) in [6.45, 7) is 15.6. The van der Waals surface area contributed by atoms with Gasteiger partial charge in [-0.3, -0.25) is 4.79 Å². The summed E-state index contributed by atoms with van der Waals surface area (Å²) < 4.78 is 17.9. The number of ether oxygens (including phenoxy) is 3. The molecule has 1 amide bonds. The van der Waals surface area contributed by atoms with Crippen LogP contribution in [0.1, 0.15) is 51.1 Å². The van der Waals surface area contributed by atoms with Gasteiger partial charge in [0.2, 0.25) is 0 Å². The lowest BCUT2D eigenvalue weighted by Crippen LogP contribution is -2.41. The zero-order valence-corrected chi connectivity index (χ0v) is 22.3. The van der Waals surface area contributed by atoms with Crippen molar-refractivity contribution in [1.82, 2.24) is 15.1 Å². The Morgan fingerprint density at radius 2 is 1.86 bits per heavy atom. The Labute approximate surface area is 213 Å². The lowest BCUT2D eigenvalue weighted by Gasteiger charge is -2.23. The Bertz CT molecular complexity index is 1120. The molecule has 8 nitrogen and oxygen atoms in total. The maximum Gasteiger partial charge on any atom is 0.408 e. The molecule has 0 spiro atoms. The van der Waals surface area contributed by atoms with E-state index < -0.39 is 23.7 Å². The number of hydrogen-bond donors (Lipinski definition) is 1. The van der Waals surface area contributed by atoms with Gasteiger partial charge in [0, 0.05) is 5.70 Å². The molecule has 194 valence electrons. The van der Waals surface area contributed by atoms with E-state index in [1.807, 2.05) is 61.9 Å². The molecule has 0 fully saturated rings. The highest BCUT2D eigenvalue weighted by atomic mass is 16.6. The molecule has 1 aromatic heterocycles. The standard InChI is InChI=1S/C28H37N3O5/c1-19(24(17-25(32)34-8)29-27(33)36-28(5,6)7)13-12-14-20(2)31-22(4)26(21(3)30-31)35-18-23-15-10-9-11-16-23/h9-16,24H,1,17-18H2,2-8H3,(H,29,33)/b13-12-,20-14+/t24-/m0/s1. The molecule has 1 heterocycles. The SMILES string of the molecule is C=C(/C=C\C=C(/C)n1nc(C)c(OCc2ccccc2)c1C)[C@H](CC(=O)OC)NC(=O)OC(C)(C)C. The largest absolute Gasteiger partial charge is 0.485 e. The lowest BCUT2D eigenvalue weighted by molar-refractivity contribution is -0.140. The summed E-state index contributed by atoms with van der Waals surface area (Å²) in [5, 5.41) is 7.30. The van der Waals surface area contributed by atoms with E-state index in [2.05, 4.69) is 17.0 Å². The zero-order valence-electron chi connectivity index (χ0n) is 22.3. The first-order chi connectivity index (χ1) is 16.9. The Balaban J connectivity index is 2.12. The van der Waals surface area contributed by atoms with Crippen molar-refractivity contribution in [2.24, 2.45) is 0 Å².